The number of carbonyl (C=O) groups is 3. The molecule has 2 amide bonds. The van der Waals surface area contributed by atoms with Gasteiger partial charge in [0.2, 0.25) is 5.95 Å². The van der Waals surface area contributed by atoms with E-state index in [1.165, 1.54) is 4.90 Å². The number of hydrogen-bond donors (Lipinski definition) is 0. The van der Waals surface area contributed by atoms with E-state index in [1.807, 2.05) is 0 Å². The molecule has 8 heteroatoms. The van der Waals surface area contributed by atoms with E-state index in [2.05, 4.69) is 9.97 Å². The minimum absolute atomic E-state index is 0.120. The van der Waals surface area contributed by atoms with E-state index in [-0.39, 0.29) is 12.5 Å². The molecule has 1 fully saturated rings. The van der Waals surface area contributed by atoms with Gasteiger partial charge in [-0.15, -0.1) is 0 Å². The number of aromatic nitrogens is 2. The number of amides is 2. The summed E-state index contributed by atoms with van der Waals surface area (Å²) < 4.78 is 5.08. The lowest BCUT2D eigenvalue weighted by molar-refractivity contribution is -0.157. The van der Waals surface area contributed by atoms with Crippen LogP contribution in [0.25, 0.3) is 0 Å². The predicted molar refractivity (Wildman–Crippen MR) is 69.7 cm³/mol. The third-order valence-electron chi connectivity index (χ3n) is 3.09. The molecule has 2 aliphatic rings. The van der Waals surface area contributed by atoms with Crippen molar-refractivity contribution in [3.63, 3.8) is 0 Å². The molecule has 3 rings (SSSR count). The molecule has 108 valence electrons. The zero-order chi connectivity index (χ0) is 15.1. The molecule has 1 atom stereocenters. The number of aryl methyl sites for hydroxylation is 2. The van der Waals surface area contributed by atoms with Gasteiger partial charge in [0.15, 0.2) is 0 Å². The van der Waals surface area contributed by atoms with Gasteiger partial charge in [-0.1, -0.05) is 0 Å². The Morgan fingerprint density at radius 2 is 1.67 bits per heavy atom. The van der Waals surface area contributed by atoms with Crippen molar-refractivity contribution in [2.24, 2.45) is 0 Å². The van der Waals surface area contributed by atoms with Crippen molar-refractivity contribution in [2.45, 2.75) is 20.2 Å². The molecule has 0 saturated carbocycles. The Kier molecular flexibility index (Phi) is 2.93. The van der Waals surface area contributed by atoms with Crippen LogP contribution >= 0.6 is 0 Å². The monoisotopic (exact) mass is 288 g/mol. The number of hydrogen-bond acceptors (Lipinski definition) is 7. The fourth-order valence-electron chi connectivity index (χ4n) is 2.26. The van der Waals surface area contributed by atoms with E-state index in [0.29, 0.717) is 11.4 Å². The summed E-state index contributed by atoms with van der Waals surface area (Å²) in [5, 5.41) is 0. The molecule has 0 aromatic carbocycles. The van der Waals surface area contributed by atoms with Gasteiger partial charge in [0.25, 0.3) is 18.2 Å². The lowest BCUT2D eigenvalue weighted by Gasteiger charge is -2.27. The fourth-order valence-corrected chi connectivity index (χ4v) is 2.26. The van der Waals surface area contributed by atoms with Gasteiger partial charge in [0.05, 0.1) is 0 Å². The number of imide groups is 1. The second-order valence-electron chi connectivity index (χ2n) is 4.77. The minimum atomic E-state index is -1.14. The highest BCUT2D eigenvalue weighted by Crippen LogP contribution is 2.24. The van der Waals surface area contributed by atoms with E-state index in [9.17, 15) is 14.4 Å². The first-order chi connectivity index (χ1) is 9.95. The summed E-state index contributed by atoms with van der Waals surface area (Å²) in [6.45, 7) is 3.46. The maximum Gasteiger partial charge on any atom is 0.329 e. The Labute approximate surface area is 120 Å². The Balaban J connectivity index is 1.98. The molecule has 3 heterocycles. The first kappa shape index (κ1) is 13.2. The van der Waals surface area contributed by atoms with E-state index >= 15 is 0 Å². The summed E-state index contributed by atoms with van der Waals surface area (Å²) in [6, 6.07) is 1.78. The Morgan fingerprint density at radius 3 is 2.24 bits per heavy atom. The lowest BCUT2D eigenvalue weighted by Crippen LogP contribution is -2.49. The highest BCUT2D eigenvalue weighted by molar-refractivity contribution is 6.13. The summed E-state index contributed by atoms with van der Waals surface area (Å²) in [7, 11) is 0. The van der Waals surface area contributed by atoms with Gasteiger partial charge in [-0.25, -0.2) is 14.9 Å². The Hall–Kier alpha value is -2.77. The molecule has 1 aromatic rings. The van der Waals surface area contributed by atoms with Crippen LogP contribution in [0.3, 0.4) is 0 Å². The van der Waals surface area contributed by atoms with Crippen molar-refractivity contribution in [2.75, 3.05) is 11.4 Å². The van der Waals surface area contributed by atoms with Gasteiger partial charge < -0.3 is 4.74 Å². The largest absolute Gasteiger partial charge is 0.420 e. The summed E-state index contributed by atoms with van der Waals surface area (Å²) in [6.07, 6.45) is 1.12. The molecule has 1 aromatic heterocycles. The van der Waals surface area contributed by atoms with Crippen molar-refractivity contribution in [3.05, 3.63) is 29.6 Å². The third-order valence-corrected chi connectivity index (χ3v) is 3.09. The zero-order valence-corrected chi connectivity index (χ0v) is 11.4. The molecule has 1 saturated heterocycles. The third kappa shape index (κ3) is 2.24. The molecule has 8 nitrogen and oxygen atoms in total. The first-order valence-corrected chi connectivity index (χ1v) is 6.29. The molecule has 0 spiro atoms. The van der Waals surface area contributed by atoms with Crippen LogP contribution in [0.4, 0.5) is 5.95 Å². The van der Waals surface area contributed by atoms with Crippen LogP contribution in [0.15, 0.2) is 18.2 Å². The smallest absolute Gasteiger partial charge is 0.329 e. The number of rotatable bonds is 2. The molecule has 0 aliphatic carbocycles. The molecule has 1 unspecified atom stereocenters. The van der Waals surface area contributed by atoms with Gasteiger partial charge in [0, 0.05) is 23.5 Å². The van der Waals surface area contributed by atoms with Crippen LogP contribution in [0.5, 0.6) is 0 Å². The van der Waals surface area contributed by atoms with Gasteiger partial charge in [-0.3, -0.25) is 19.3 Å². The van der Waals surface area contributed by atoms with Crippen molar-refractivity contribution >= 4 is 23.7 Å². The van der Waals surface area contributed by atoms with Gasteiger partial charge in [-0.05, 0) is 19.9 Å². The SMILES string of the molecule is Cc1cc(C)nc(N2CC(=O)OC2N2C(=O)C=CC2=O)n1. The fraction of sp³-hybridized carbons (Fsp3) is 0.308. The second-order valence-corrected chi connectivity index (χ2v) is 4.77. The summed E-state index contributed by atoms with van der Waals surface area (Å²) in [5.74, 6) is -1.37. The van der Waals surface area contributed by atoms with E-state index in [4.69, 9.17) is 4.74 Å². The standard InChI is InChI=1S/C13H12N4O4/c1-7-5-8(2)15-12(14-7)16-6-11(20)21-13(16)17-9(18)3-4-10(17)19/h3-5,13H,6H2,1-2H3. The predicted octanol–water partition coefficient (Wildman–Crippen LogP) is -0.335. The van der Waals surface area contributed by atoms with E-state index in [0.717, 1.165) is 17.1 Å². The second kappa shape index (κ2) is 4.65. The average molecular weight is 288 g/mol. The van der Waals surface area contributed by atoms with Gasteiger partial charge in [-0.2, -0.15) is 0 Å². The highest BCUT2D eigenvalue weighted by atomic mass is 16.6. The number of ether oxygens (including phenoxy) is 1. The maximum atomic E-state index is 11.7. The summed E-state index contributed by atoms with van der Waals surface area (Å²) >= 11 is 0. The minimum Gasteiger partial charge on any atom is -0.420 e. The summed E-state index contributed by atoms with van der Waals surface area (Å²) in [5.41, 5.74) is 1.43. The van der Waals surface area contributed by atoms with E-state index in [1.54, 1.807) is 19.9 Å². The van der Waals surface area contributed by atoms with Crippen molar-refractivity contribution < 1.29 is 19.1 Å². The topological polar surface area (TPSA) is 92.7 Å². The Morgan fingerprint density at radius 1 is 1.10 bits per heavy atom. The lowest BCUT2D eigenvalue weighted by atomic mass is 10.3. The highest BCUT2D eigenvalue weighted by Gasteiger charge is 2.44. The molecule has 0 N–H and O–H groups in total. The van der Waals surface area contributed by atoms with Gasteiger partial charge >= 0.3 is 5.97 Å². The van der Waals surface area contributed by atoms with Crippen LogP contribution in [0.2, 0.25) is 0 Å². The van der Waals surface area contributed by atoms with Crippen LogP contribution in [-0.4, -0.2) is 45.5 Å². The van der Waals surface area contributed by atoms with Crippen LogP contribution in [-0.2, 0) is 19.1 Å². The number of anilines is 1. The van der Waals surface area contributed by atoms with Crippen LogP contribution in [0, 0.1) is 13.8 Å². The zero-order valence-electron chi connectivity index (χ0n) is 11.4. The maximum absolute atomic E-state index is 11.7. The van der Waals surface area contributed by atoms with Crippen LogP contribution < -0.4 is 4.90 Å². The Bertz CT molecular complexity index is 646. The average Bonchev–Trinajstić information content (AvgIpc) is 2.91. The van der Waals surface area contributed by atoms with Crippen LogP contribution in [0.1, 0.15) is 11.4 Å². The number of nitrogens with zero attached hydrogens (tertiary/aromatic N) is 4. The first-order valence-electron chi connectivity index (χ1n) is 6.29. The number of esters is 1. The normalized spacial score (nSPS) is 21.4. The van der Waals surface area contributed by atoms with Crippen molar-refractivity contribution in [1.82, 2.24) is 14.9 Å². The number of carbonyl (C=O) groups excluding carboxylic acids is 3. The quantitative estimate of drug-likeness (QED) is 0.543. The van der Waals surface area contributed by atoms with Gasteiger partial charge in [0.1, 0.15) is 6.54 Å². The molecule has 21 heavy (non-hydrogen) atoms. The van der Waals surface area contributed by atoms with Crippen molar-refractivity contribution in [3.8, 4) is 0 Å². The molecular formula is C13H12N4O4. The van der Waals surface area contributed by atoms with E-state index < -0.39 is 24.1 Å². The molecule has 0 bridgehead atoms. The number of cyclic esters (lactones) is 1. The molecular weight excluding hydrogens is 276 g/mol. The molecule has 0 radical (unpaired) electrons. The molecule has 2 aliphatic heterocycles. The summed E-state index contributed by atoms with van der Waals surface area (Å²) in [4.78, 5) is 45.8. The van der Waals surface area contributed by atoms with Crippen molar-refractivity contribution in [1.29, 1.82) is 0 Å².